The Morgan fingerprint density at radius 2 is 1.54 bits per heavy atom. The zero-order chi connectivity index (χ0) is 29.2. The van der Waals surface area contributed by atoms with Crippen LogP contribution in [0, 0.1) is 11.8 Å². The van der Waals surface area contributed by atoms with Gasteiger partial charge < -0.3 is 14.8 Å². The summed E-state index contributed by atoms with van der Waals surface area (Å²) in [4.78, 5) is 27.4. The molecule has 0 spiro atoms. The molecule has 5 nitrogen and oxygen atoms in total. The predicted octanol–water partition coefficient (Wildman–Crippen LogP) is 7.19. The summed E-state index contributed by atoms with van der Waals surface area (Å²) in [5, 5.41) is 2.54. The first-order chi connectivity index (χ1) is 19.7. The number of nitrogens with one attached hydrogen (secondary N) is 1. The molecule has 3 aromatic rings. The van der Waals surface area contributed by atoms with E-state index in [4.69, 9.17) is 9.47 Å². The van der Waals surface area contributed by atoms with Gasteiger partial charge in [0.05, 0.1) is 18.5 Å². The number of thioether (sulfide) groups is 1. The number of carbonyl (C=O) groups excluding carboxylic acids is 2. The summed E-state index contributed by atoms with van der Waals surface area (Å²) in [6.07, 6.45) is 2.64. The van der Waals surface area contributed by atoms with Crippen molar-refractivity contribution in [1.82, 2.24) is 5.32 Å². The largest absolute Gasteiger partial charge is 0.460 e. The van der Waals surface area contributed by atoms with Crippen molar-refractivity contribution in [2.75, 3.05) is 6.61 Å². The molecule has 1 saturated carbocycles. The fourth-order valence-corrected chi connectivity index (χ4v) is 6.99. The Labute approximate surface area is 249 Å². The first-order valence-electron chi connectivity index (χ1n) is 14.6. The van der Waals surface area contributed by atoms with E-state index in [2.05, 4.69) is 50.4 Å². The Bertz CT molecular complexity index is 1230. The molecule has 3 aromatic carbocycles. The van der Waals surface area contributed by atoms with E-state index in [9.17, 15) is 9.59 Å². The van der Waals surface area contributed by atoms with Gasteiger partial charge in [0.15, 0.2) is 0 Å². The minimum Gasteiger partial charge on any atom is -0.460 e. The van der Waals surface area contributed by atoms with E-state index in [0.717, 1.165) is 29.7 Å². The minimum atomic E-state index is -0.855. The van der Waals surface area contributed by atoms with Crippen LogP contribution in [0.2, 0.25) is 0 Å². The Kier molecular flexibility index (Phi) is 11.1. The molecule has 0 aliphatic heterocycles. The third kappa shape index (κ3) is 8.70. The van der Waals surface area contributed by atoms with Crippen LogP contribution in [-0.4, -0.2) is 35.9 Å². The van der Waals surface area contributed by atoms with E-state index >= 15 is 0 Å². The molecule has 1 fully saturated rings. The fraction of sp³-hybridized carbons (Fsp3) is 0.429. The van der Waals surface area contributed by atoms with Crippen molar-refractivity contribution in [2.45, 2.75) is 81.3 Å². The molecule has 5 atom stereocenters. The SMILES string of the molecule is CC(=O)N[C@H](C(=O)O[C@@H]1C[C@H](C)CC[C@H]1C(C)(C)c1ccccc1)[C@@H](COCc1ccccc1)Sc1ccccc1. The monoisotopic (exact) mass is 573 g/mol. The van der Waals surface area contributed by atoms with Crippen molar-refractivity contribution in [2.24, 2.45) is 11.8 Å². The Balaban J connectivity index is 1.56. The van der Waals surface area contributed by atoms with Crippen molar-refractivity contribution < 1.29 is 19.1 Å². The normalized spacial score (nSPS) is 20.5. The van der Waals surface area contributed by atoms with Crippen LogP contribution < -0.4 is 5.32 Å². The summed E-state index contributed by atoms with van der Waals surface area (Å²) >= 11 is 1.53. The van der Waals surface area contributed by atoms with Gasteiger partial charge in [-0.1, -0.05) is 106 Å². The van der Waals surface area contributed by atoms with Gasteiger partial charge >= 0.3 is 5.97 Å². The van der Waals surface area contributed by atoms with Crippen LogP contribution >= 0.6 is 11.8 Å². The molecule has 0 heterocycles. The van der Waals surface area contributed by atoms with Crippen molar-refractivity contribution in [3.63, 3.8) is 0 Å². The molecule has 218 valence electrons. The highest BCUT2D eigenvalue weighted by molar-refractivity contribution is 8.00. The second kappa shape index (κ2) is 14.7. The predicted molar refractivity (Wildman–Crippen MR) is 166 cm³/mol. The summed E-state index contributed by atoms with van der Waals surface area (Å²) in [5.74, 6) is -0.0483. The van der Waals surface area contributed by atoms with Crippen LogP contribution in [0.1, 0.15) is 58.1 Å². The van der Waals surface area contributed by atoms with Crippen molar-refractivity contribution >= 4 is 23.6 Å². The highest BCUT2D eigenvalue weighted by atomic mass is 32.2. The second-order valence-electron chi connectivity index (χ2n) is 11.7. The van der Waals surface area contributed by atoms with E-state index < -0.39 is 12.0 Å². The van der Waals surface area contributed by atoms with E-state index in [-0.39, 0.29) is 35.2 Å². The third-order valence-electron chi connectivity index (χ3n) is 8.18. The number of ether oxygens (including phenoxy) is 2. The maximum atomic E-state index is 14.0. The lowest BCUT2D eigenvalue weighted by atomic mass is 9.64. The molecule has 6 heteroatoms. The van der Waals surface area contributed by atoms with E-state index in [0.29, 0.717) is 12.5 Å². The van der Waals surface area contributed by atoms with Crippen LogP contribution in [0.4, 0.5) is 0 Å². The molecule has 1 aliphatic carbocycles. The van der Waals surface area contributed by atoms with Gasteiger partial charge in [0.2, 0.25) is 5.91 Å². The molecule has 0 bridgehead atoms. The van der Waals surface area contributed by atoms with Gasteiger partial charge in [-0.05, 0) is 47.4 Å². The first-order valence-corrected chi connectivity index (χ1v) is 15.5. The van der Waals surface area contributed by atoms with Crippen molar-refractivity contribution in [3.05, 3.63) is 102 Å². The molecule has 0 unspecified atom stereocenters. The zero-order valence-electron chi connectivity index (χ0n) is 24.6. The summed E-state index contributed by atoms with van der Waals surface area (Å²) in [6.45, 7) is 8.86. The lowest BCUT2D eigenvalue weighted by Gasteiger charge is -2.44. The van der Waals surface area contributed by atoms with Crippen molar-refractivity contribution in [1.29, 1.82) is 0 Å². The van der Waals surface area contributed by atoms with Gasteiger partial charge in [-0.2, -0.15) is 0 Å². The Hall–Kier alpha value is -3.09. The highest BCUT2D eigenvalue weighted by Gasteiger charge is 2.43. The van der Waals surface area contributed by atoms with Gasteiger partial charge in [0.25, 0.3) is 0 Å². The molecule has 41 heavy (non-hydrogen) atoms. The highest BCUT2D eigenvalue weighted by Crippen LogP contribution is 2.44. The molecule has 0 aromatic heterocycles. The number of hydrogen-bond acceptors (Lipinski definition) is 5. The minimum absolute atomic E-state index is 0.164. The summed E-state index contributed by atoms with van der Waals surface area (Å²) < 4.78 is 12.5. The number of benzene rings is 3. The summed E-state index contributed by atoms with van der Waals surface area (Å²) in [6, 6.07) is 29.5. The number of hydrogen-bond donors (Lipinski definition) is 1. The molecule has 0 saturated heterocycles. The lowest BCUT2D eigenvalue weighted by Crippen LogP contribution is -2.52. The van der Waals surface area contributed by atoms with Gasteiger partial charge in [-0.15, -0.1) is 11.8 Å². The molecular formula is C35H43NO4S. The number of amides is 1. The van der Waals surface area contributed by atoms with E-state index in [1.165, 1.54) is 24.2 Å². The molecular weight excluding hydrogens is 530 g/mol. The van der Waals surface area contributed by atoms with Gasteiger partial charge in [-0.25, -0.2) is 4.79 Å². The van der Waals surface area contributed by atoms with Gasteiger partial charge in [0.1, 0.15) is 12.1 Å². The van der Waals surface area contributed by atoms with Crippen molar-refractivity contribution in [3.8, 4) is 0 Å². The lowest BCUT2D eigenvalue weighted by molar-refractivity contribution is -0.160. The average Bonchev–Trinajstić information content (AvgIpc) is 2.97. The molecule has 0 radical (unpaired) electrons. The third-order valence-corrected chi connectivity index (χ3v) is 9.43. The van der Waals surface area contributed by atoms with E-state index in [1.807, 2.05) is 66.7 Å². The summed E-state index contributed by atoms with van der Waals surface area (Å²) in [5.41, 5.74) is 2.12. The quantitative estimate of drug-likeness (QED) is 0.183. The van der Waals surface area contributed by atoms with Gasteiger partial charge in [0, 0.05) is 17.7 Å². The molecule has 1 amide bonds. The number of esters is 1. The Morgan fingerprint density at radius 3 is 2.17 bits per heavy atom. The topological polar surface area (TPSA) is 64.6 Å². The molecule has 4 rings (SSSR count). The molecule has 1 aliphatic rings. The van der Waals surface area contributed by atoms with Crippen LogP contribution in [0.25, 0.3) is 0 Å². The first kappa shape index (κ1) is 30.9. The second-order valence-corrected chi connectivity index (χ2v) is 13.0. The summed E-state index contributed by atoms with van der Waals surface area (Å²) in [7, 11) is 0. The number of carbonyl (C=O) groups is 2. The standard InChI is InChI=1S/C35H43NO4S/c1-25-20-21-30(35(3,4)28-16-10-6-11-17-28)31(22-25)40-34(38)33(36-26(2)37)32(41-29-18-12-7-13-19-29)24-39-23-27-14-8-5-9-15-27/h5-19,25,30-33H,20-24H2,1-4H3,(H,36,37)/t25-,30-,31-,32-,33+/m1/s1. The Morgan fingerprint density at radius 1 is 0.927 bits per heavy atom. The average molecular weight is 574 g/mol. The van der Waals surface area contributed by atoms with Crippen LogP contribution in [0.15, 0.2) is 95.9 Å². The molecule has 1 N–H and O–H groups in total. The fourth-order valence-electron chi connectivity index (χ4n) is 5.85. The van der Waals surface area contributed by atoms with Crippen LogP contribution in [0.5, 0.6) is 0 Å². The smallest absolute Gasteiger partial charge is 0.330 e. The zero-order valence-corrected chi connectivity index (χ0v) is 25.4. The number of rotatable bonds is 12. The maximum absolute atomic E-state index is 14.0. The maximum Gasteiger partial charge on any atom is 0.330 e. The van der Waals surface area contributed by atoms with Gasteiger partial charge in [-0.3, -0.25) is 4.79 Å². The van der Waals surface area contributed by atoms with Crippen LogP contribution in [0.3, 0.4) is 0 Å². The van der Waals surface area contributed by atoms with E-state index in [1.54, 1.807) is 0 Å². The van der Waals surface area contributed by atoms with Crippen LogP contribution in [-0.2, 0) is 31.1 Å².